The SMILES string of the molecule is CCNC(=NCc1ccc(NC(=O)C(C)C)cc1)NC(C)Cc1c(C)nn(C)c1C. The first kappa shape index (κ1) is 23.4. The molecule has 0 fully saturated rings. The molecule has 1 aromatic carbocycles. The standard InChI is InChI=1S/C23H36N6O/c1-8-24-23(26-16(4)13-21-17(5)28-29(7)18(21)6)25-14-19-9-11-20(12-10-19)27-22(30)15(2)3/h9-12,15-16H,8,13-14H2,1-7H3,(H,27,30)(H2,24,25,26). The molecule has 7 heteroatoms. The lowest BCUT2D eigenvalue weighted by molar-refractivity contribution is -0.118. The van der Waals surface area contributed by atoms with E-state index in [4.69, 9.17) is 4.99 Å². The molecule has 0 spiro atoms. The Kier molecular flexibility index (Phi) is 8.45. The number of nitrogens with one attached hydrogen (secondary N) is 3. The maximum absolute atomic E-state index is 11.8. The van der Waals surface area contributed by atoms with Gasteiger partial charge in [0.1, 0.15) is 0 Å². The quantitative estimate of drug-likeness (QED) is 0.459. The van der Waals surface area contributed by atoms with Crippen LogP contribution in [0.2, 0.25) is 0 Å². The summed E-state index contributed by atoms with van der Waals surface area (Å²) in [4.78, 5) is 16.5. The van der Waals surface area contributed by atoms with Crippen molar-refractivity contribution in [1.82, 2.24) is 20.4 Å². The summed E-state index contributed by atoms with van der Waals surface area (Å²) in [5, 5.41) is 14.2. The molecule has 3 N–H and O–H groups in total. The molecule has 164 valence electrons. The Balaban J connectivity index is 1.99. The van der Waals surface area contributed by atoms with Crippen LogP contribution >= 0.6 is 0 Å². The van der Waals surface area contributed by atoms with Crippen molar-refractivity contribution in [2.45, 2.75) is 60.5 Å². The van der Waals surface area contributed by atoms with Gasteiger partial charge in [0.15, 0.2) is 5.96 Å². The second-order valence-corrected chi connectivity index (χ2v) is 8.06. The minimum Gasteiger partial charge on any atom is -0.357 e. The number of nitrogens with zero attached hydrogens (tertiary/aromatic N) is 3. The third-order valence-corrected chi connectivity index (χ3v) is 5.06. The maximum atomic E-state index is 11.8. The monoisotopic (exact) mass is 412 g/mol. The van der Waals surface area contributed by atoms with E-state index in [1.54, 1.807) is 0 Å². The molecule has 1 heterocycles. The number of guanidine groups is 1. The molecule has 0 aliphatic carbocycles. The number of rotatable bonds is 8. The number of anilines is 1. The fourth-order valence-corrected chi connectivity index (χ4v) is 3.17. The van der Waals surface area contributed by atoms with Crippen LogP contribution in [0.5, 0.6) is 0 Å². The highest BCUT2D eigenvalue weighted by molar-refractivity contribution is 5.92. The fraction of sp³-hybridized carbons (Fsp3) is 0.522. The first-order valence-corrected chi connectivity index (χ1v) is 10.6. The Bertz CT molecular complexity index is 867. The molecule has 2 rings (SSSR count). The number of carbonyl (C=O) groups is 1. The summed E-state index contributed by atoms with van der Waals surface area (Å²) < 4.78 is 1.93. The van der Waals surface area contributed by atoms with Crippen molar-refractivity contribution in [3.63, 3.8) is 0 Å². The molecule has 30 heavy (non-hydrogen) atoms. The number of hydrogen-bond donors (Lipinski definition) is 3. The van der Waals surface area contributed by atoms with Gasteiger partial charge in [-0.15, -0.1) is 0 Å². The van der Waals surface area contributed by atoms with Crippen LogP contribution in [0.25, 0.3) is 0 Å². The summed E-state index contributed by atoms with van der Waals surface area (Å²) in [6, 6.07) is 8.05. The molecule has 0 aliphatic rings. The van der Waals surface area contributed by atoms with Crippen LogP contribution in [0.4, 0.5) is 5.69 Å². The van der Waals surface area contributed by atoms with Crippen molar-refractivity contribution < 1.29 is 4.79 Å². The van der Waals surface area contributed by atoms with Gasteiger partial charge in [0.2, 0.25) is 5.91 Å². The minimum absolute atomic E-state index is 0.0208. The van der Waals surface area contributed by atoms with Crippen LogP contribution in [0, 0.1) is 19.8 Å². The van der Waals surface area contributed by atoms with E-state index in [0.29, 0.717) is 6.54 Å². The first-order valence-electron chi connectivity index (χ1n) is 10.6. The van der Waals surface area contributed by atoms with Gasteiger partial charge < -0.3 is 16.0 Å². The van der Waals surface area contributed by atoms with E-state index in [2.05, 4.69) is 48.7 Å². The molecular weight excluding hydrogens is 376 g/mol. The van der Waals surface area contributed by atoms with Crippen LogP contribution in [-0.2, 0) is 24.8 Å². The third kappa shape index (κ3) is 6.61. The molecule has 0 saturated carbocycles. The number of benzene rings is 1. The average molecular weight is 413 g/mol. The minimum atomic E-state index is -0.0377. The Morgan fingerprint density at radius 3 is 2.37 bits per heavy atom. The Morgan fingerprint density at radius 2 is 1.83 bits per heavy atom. The number of aromatic nitrogens is 2. The summed E-state index contributed by atoms with van der Waals surface area (Å²) in [7, 11) is 1.98. The van der Waals surface area contributed by atoms with E-state index >= 15 is 0 Å². The second-order valence-electron chi connectivity index (χ2n) is 8.06. The Labute approximate surface area is 180 Å². The molecule has 0 aliphatic heterocycles. The summed E-state index contributed by atoms with van der Waals surface area (Å²) in [6.45, 7) is 13.5. The van der Waals surface area contributed by atoms with Crippen LogP contribution in [0.3, 0.4) is 0 Å². The lowest BCUT2D eigenvalue weighted by Gasteiger charge is -2.18. The molecule has 0 bridgehead atoms. The van der Waals surface area contributed by atoms with E-state index in [-0.39, 0.29) is 17.9 Å². The predicted molar refractivity (Wildman–Crippen MR) is 124 cm³/mol. The topological polar surface area (TPSA) is 83.3 Å². The summed E-state index contributed by atoms with van der Waals surface area (Å²) >= 11 is 0. The van der Waals surface area contributed by atoms with Gasteiger partial charge >= 0.3 is 0 Å². The molecule has 1 aromatic heterocycles. The fourth-order valence-electron chi connectivity index (χ4n) is 3.17. The van der Waals surface area contributed by atoms with Gasteiger partial charge in [0.05, 0.1) is 12.2 Å². The van der Waals surface area contributed by atoms with Crippen LogP contribution < -0.4 is 16.0 Å². The van der Waals surface area contributed by atoms with Gasteiger partial charge in [0, 0.05) is 36.9 Å². The molecule has 7 nitrogen and oxygen atoms in total. The van der Waals surface area contributed by atoms with Crippen LogP contribution in [-0.4, -0.2) is 34.2 Å². The lowest BCUT2D eigenvalue weighted by atomic mass is 10.1. The normalized spacial score (nSPS) is 12.7. The van der Waals surface area contributed by atoms with Crippen molar-refractivity contribution in [2.75, 3.05) is 11.9 Å². The average Bonchev–Trinajstić information content (AvgIpc) is 2.93. The van der Waals surface area contributed by atoms with Gasteiger partial charge in [-0.25, -0.2) is 4.99 Å². The van der Waals surface area contributed by atoms with E-state index in [1.165, 1.54) is 11.3 Å². The van der Waals surface area contributed by atoms with Crippen molar-refractivity contribution in [3.05, 3.63) is 46.8 Å². The highest BCUT2D eigenvalue weighted by Gasteiger charge is 2.14. The van der Waals surface area contributed by atoms with Crippen molar-refractivity contribution >= 4 is 17.6 Å². The molecular formula is C23H36N6O. The Hall–Kier alpha value is -2.83. The van der Waals surface area contributed by atoms with Crippen LogP contribution in [0.1, 0.15) is 50.2 Å². The number of amides is 1. The highest BCUT2D eigenvalue weighted by atomic mass is 16.1. The number of hydrogen-bond acceptors (Lipinski definition) is 3. The van der Waals surface area contributed by atoms with E-state index in [0.717, 1.165) is 35.9 Å². The van der Waals surface area contributed by atoms with Gasteiger partial charge in [-0.1, -0.05) is 26.0 Å². The number of carbonyl (C=O) groups excluding carboxylic acids is 1. The van der Waals surface area contributed by atoms with Crippen molar-refractivity contribution in [3.8, 4) is 0 Å². The number of aryl methyl sites for hydroxylation is 2. The van der Waals surface area contributed by atoms with E-state index in [9.17, 15) is 4.79 Å². The third-order valence-electron chi connectivity index (χ3n) is 5.06. The molecule has 1 unspecified atom stereocenters. The predicted octanol–water partition coefficient (Wildman–Crippen LogP) is 3.32. The van der Waals surface area contributed by atoms with Gasteiger partial charge in [-0.05, 0) is 57.4 Å². The number of aliphatic imine (C=N–C) groups is 1. The summed E-state index contributed by atoms with van der Waals surface area (Å²) in [6.07, 6.45) is 0.889. The molecule has 0 saturated heterocycles. The highest BCUT2D eigenvalue weighted by Crippen LogP contribution is 2.14. The van der Waals surface area contributed by atoms with Crippen LogP contribution in [0.15, 0.2) is 29.3 Å². The van der Waals surface area contributed by atoms with Gasteiger partial charge in [-0.3, -0.25) is 9.48 Å². The maximum Gasteiger partial charge on any atom is 0.226 e. The molecule has 1 amide bonds. The van der Waals surface area contributed by atoms with Crippen molar-refractivity contribution in [2.24, 2.45) is 18.0 Å². The van der Waals surface area contributed by atoms with E-state index < -0.39 is 0 Å². The largest absolute Gasteiger partial charge is 0.357 e. The van der Waals surface area contributed by atoms with E-state index in [1.807, 2.05) is 49.8 Å². The Morgan fingerprint density at radius 1 is 1.17 bits per heavy atom. The second kappa shape index (κ2) is 10.8. The summed E-state index contributed by atoms with van der Waals surface area (Å²) in [5.74, 6) is 0.776. The smallest absolute Gasteiger partial charge is 0.226 e. The van der Waals surface area contributed by atoms with Gasteiger partial charge in [0.25, 0.3) is 0 Å². The zero-order chi connectivity index (χ0) is 22.3. The zero-order valence-corrected chi connectivity index (χ0v) is 19.3. The molecule has 0 radical (unpaired) electrons. The lowest BCUT2D eigenvalue weighted by Crippen LogP contribution is -2.43. The molecule has 2 aromatic rings. The van der Waals surface area contributed by atoms with Gasteiger partial charge in [-0.2, -0.15) is 5.10 Å². The zero-order valence-electron chi connectivity index (χ0n) is 19.3. The van der Waals surface area contributed by atoms with Crippen molar-refractivity contribution in [1.29, 1.82) is 0 Å². The first-order chi connectivity index (χ1) is 14.2. The molecule has 1 atom stereocenters. The summed E-state index contributed by atoms with van der Waals surface area (Å²) in [5.41, 5.74) is 5.46.